The molecule has 0 saturated carbocycles. The van der Waals surface area contributed by atoms with Gasteiger partial charge in [0, 0.05) is 51.4 Å². The van der Waals surface area contributed by atoms with E-state index < -0.39 is 5.91 Å². The van der Waals surface area contributed by atoms with Gasteiger partial charge in [0.15, 0.2) is 22.5 Å². The Labute approximate surface area is 227 Å². The number of halogens is 1. The van der Waals surface area contributed by atoms with Crippen molar-refractivity contribution in [1.29, 1.82) is 0 Å². The van der Waals surface area contributed by atoms with Gasteiger partial charge in [-0.3, -0.25) is 14.5 Å². The fraction of sp³-hybridized carbons (Fsp3) is 0.538. The van der Waals surface area contributed by atoms with Crippen LogP contribution in [0, 0.1) is 6.92 Å². The predicted molar refractivity (Wildman–Crippen MR) is 146 cm³/mol. The molecule has 5 N–H and O–H groups in total. The van der Waals surface area contributed by atoms with E-state index in [0.717, 1.165) is 31.4 Å². The lowest BCUT2D eigenvalue weighted by molar-refractivity contribution is 0.0489. The number of nitrogens with zero attached hydrogens (tertiary/aromatic N) is 5. The van der Waals surface area contributed by atoms with Gasteiger partial charge in [-0.2, -0.15) is 0 Å². The van der Waals surface area contributed by atoms with E-state index in [0.29, 0.717) is 43.6 Å². The fourth-order valence-corrected chi connectivity index (χ4v) is 5.59. The molecule has 2 amide bonds. The summed E-state index contributed by atoms with van der Waals surface area (Å²) in [7, 11) is 0. The van der Waals surface area contributed by atoms with E-state index in [2.05, 4.69) is 32.0 Å². The summed E-state index contributed by atoms with van der Waals surface area (Å²) in [4.78, 5) is 40.2. The number of nitrogens with two attached hydrogens (primary N) is 1. The summed E-state index contributed by atoms with van der Waals surface area (Å²) in [5, 5.41) is 21.8. The van der Waals surface area contributed by atoms with Crippen molar-refractivity contribution in [3.8, 4) is 5.75 Å². The number of hydrogen-bond acceptors (Lipinski definition) is 9. The molecule has 38 heavy (non-hydrogen) atoms. The van der Waals surface area contributed by atoms with Crippen LogP contribution in [0.2, 0.25) is 5.15 Å². The number of hydrogen-bond donors (Lipinski definition) is 4. The van der Waals surface area contributed by atoms with Crippen molar-refractivity contribution in [2.45, 2.75) is 45.2 Å². The molecule has 0 bridgehead atoms. The van der Waals surface area contributed by atoms with Crippen LogP contribution < -0.4 is 16.0 Å². The second-order valence-corrected chi connectivity index (χ2v) is 10.2. The number of aliphatic hydroxyl groups excluding tert-OH is 1. The maximum atomic E-state index is 13.0. The third-order valence-electron chi connectivity index (χ3n) is 7.38. The number of phenolic OH excluding ortho intramolecular Hbond substituents is 1. The van der Waals surface area contributed by atoms with Crippen LogP contribution in [0.3, 0.4) is 0 Å². The summed E-state index contributed by atoms with van der Waals surface area (Å²) in [6.07, 6.45) is 2.65. The number of likely N-dealkylation sites (tertiary alicyclic amines) is 1. The summed E-state index contributed by atoms with van der Waals surface area (Å²) < 4.78 is 0. The molecule has 12 heteroatoms. The van der Waals surface area contributed by atoms with Crippen LogP contribution in [0.1, 0.15) is 52.6 Å². The summed E-state index contributed by atoms with van der Waals surface area (Å²) in [6, 6.07) is 5.76. The summed E-state index contributed by atoms with van der Waals surface area (Å²) in [5.41, 5.74) is 7.24. The van der Waals surface area contributed by atoms with E-state index in [4.69, 9.17) is 22.4 Å². The van der Waals surface area contributed by atoms with Gasteiger partial charge < -0.3 is 31.1 Å². The molecule has 0 aliphatic carbocycles. The topological polar surface area (TPSA) is 148 Å². The third-order valence-corrected chi connectivity index (χ3v) is 7.63. The largest absolute Gasteiger partial charge is 0.507 e. The molecular weight excluding hydrogens is 510 g/mol. The van der Waals surface area contributed by atoms with Gasteiger partial charge >= 0.3 is 0 Å². The van der Waals surface area contributed by atoms with Crippen molar-refractivity contribution in [2.24, 2.45) is 0 Å². The number of benzene rings is 1. The number of carbonyl (C=O) groups is 2. The second-order valence-electron chi connectivity index (χ2n) is 9.84. The highest BCUT2D eigenvalue weighted by molar-refractivity contribution is 6.32. The van der Waals surface area contributed by atoms with E-state index in [1.165, 1.54) is 0 Å². The van der Waals surface area contributed by atoms with Crippen molar-refractivity contribution >= 4 is 35.1 Å². The summed E-state index contributed by atoms with van der Waals surface area (Å²) in [5.74, 6) is -0.181. The minimum Gasteiger partial charge on any atom is -0.507 e. The molecule has 0 spiro atoms. The summed E-state index contributed by atoms with van der Waals surface area (Å²) in [6.45, 7) is 7.37. The van der Waals surface area contributed by atoms with Crippen LogP contribution in [0.4, 0.5) is 11.6 Å². The zero-order valence-electron chi connectivity index (χ0n) is 21.9. The first-order valence-electron chi connectivity index (χ1n) is 13.0. The summed E-state index contributed by atoms with van der Waals surface area (Å²) >= 11 is 6.44. The van der Waals surface area contributed by atoms with Crippen molar-refractivity contribution in [3.63, 3.8) is 0 Å². The van der Waals surface area contributed by atoms with Gasteiger partial charge in [-0.1, -0.05) is 24.6 Å². The van der Waals surface area contributed by atoms with E-state index in [1.807, 2.05) is 17.9 Å². The van der Waals surface area contributed by atoms with Crippen LogP contribution in [-0.2, 0) is 0 Å². The first kappa shape index (κ1) is 27.9. The van der Waals surface area contributed by atoms with E-state index in [9.17, 15) is 14.7 Å². The highest BCUT2D eigenvalue weighted by Gasteiger charge is 2.35. The number of rotatable bonds is 7. The first-order valence-corrected chi connectivity index (χ1v) is 13.4. The third kappa shape index (κ3) is 5.95. The smallest absolute Gasteiger partial charge is 0.273 e. The molecule has 1 aromatic carbocycles. The number of aliphatic hydroxyl groups is 1. The molecule has 206 valence electrons. The van der Waals surface area contributed by atoms with Crippen LogP contribution in [0.15, 0.2) is 18.2 Å². The molecular formula is C26H36ClN7O4. The number of phenols is 1. The molecule has 0 unspecified atom stereocenters. The Hall–Kier alpha value is -3.15. The van der Waals surface area contributed by atoms with Crippen molar-refractivity contribution in [2.75, 3.05) is 56.5 Å². The van der Waals surface area contributed by atoms with E-state index in [1.54, 1.807) is 12.1 Å². The number of nitrogen functional groups attached to an aromatic ring is 1. The van der Waals surface area contributed by atoms with Gasteiger partial charge in [-0.05, 0) is 43.9 Å². The van der Waals surface area contributed by atoms with Gasteiger partial charge in [0.1, 0.15) is 5.75 Å². The standard InChI is InChI=1S/C26H36ClN7O4/c1-3-17-15-33(24-22(27)30-21(23(28)31-24)25(37)29-8-13-35)11-12-34(17)18-6-9-32(10-7-18)26(38)19-5-4-16(2)14-20(19)36/h4-5,14,17-18,35-36H,3,6-13,15H2,1-2H3,(H2,28,31)(H,29,37)/t17-/m0/s1. The fourth-order valence-electron chi connectivity index (χ4n) is 5.34. The number of anilines is 2. The minimum absolute atomic E-state index is 0.00743. The number of carbonyl (C=O) groups excluding carboxylic acids is 2. The first-order chi connectivity index (χ1) is 18.2. The van der Waals surface area contributed by atoms with Gasteiger partial charge in [0.25, 0.3) is 11.8 Å². The molecule has 2 saturated heterocycles. The van der Waals surface area contributed by atoms with Crippen LogP contribution in [0.25, 0.3) is 0 Å². The van der Waals surface area contributed by atoms with Gasteiger partial charge in [0.05, 0.1) is 12.2 Å². The zero-order valence-corrected chi connectivity index (χ0v) is 22.6. The Morgan fingerprint density at radius 2 is 1.92 bits per heavy atom. The average molecular weight is 546 g/mol. The number of aromatic hydroxyl groups is 1. The lowest BCUT2D eigenvalue weighted by atomic mass is 9.97. The maximum Gasteiger partial charge on any atom is 0.273 e. The maximum absolute atomic E-state index is 13.0. The molecule has 4 rings (SSSR count). The Balaban J connectivity index is 1.38. The predicted octanol–water partition coefficient (Wildman–Crippen LogP) is 1.65. The number of nitrogens with one attached hydrogen (secondary N) is 1. The van der Waals surface area contributed by atoms with Crippen molar-refractivity contribution in [1.82, 2.24) is 25.1 Å². The van der Waals surface area contributed by atoms with Gasteiger partial charge in [-0.25, -0.2) is 9.97 Å². The zero-order chi connectivity index (χ0) is 27.4. The quantitative estimate of drug-likeness (QED) is 0.407. The molecule has 1 atom stereocenters. The van der Waals surface area contributed by atoms with E-state index >= 15 is 0 Å². The Kier molecular flexibility index (Phi) is 8.91. The Bertz CT molecular complexity index is 1170. The SMILES string of the molecule is CC[C@H]1CN(c2nc(N)c(C(=O)NCCO)nc2Cl)CCN1C1CCN(C(=O)c2ccc(C)cc2O)CC1. The number of piperazine rings is 1. The van der Waals surface area contributed by atoms with Crippen molar-refractivity contribution < 1.29 is 19.8 Å². The molecule has 2 aliphatic heterocycles. The highest BCUT2D eigenvalue weighted by Crippen LogP contribution is 2.30. The van der Waals surface area contributed by atoms with Crippen LogP contribution >= 0.6 is 11.6 Å². The van der Waals surface area contributed by atoms with Crippen LogP contribution in [-0.4, -0.2) is 99.8 Å². The molecule has 0 radical (unpaired) electrons. The second kappa shape index (κ2) is 12.1. The lowest BCUT2D eigenvalue weighted by Crippen LogP contribution is -2.58. The highest BCUT2D eigenvalue weighted by atomic mass is 35.5. The lowest BCUT2D eigenvalue weighted by Gasteiger charge is -2.47. The number of amides is 2. The Morgan fingerprint density at radius 1 is 1.18 bits per heavy atom. The Morgan fingerprint density at radius 3 is 2.58 bits per heavy atom. The number of aromatic nitrogens is 2. The molecule has 2 aromatic rings. The van der Waals surface area contributed by atoms with E-state index in [-0.39, 0.29) is 47.5 Å². The molecule has 1 aromatic heterocycles. The molecule has 3 heterocycles. The normalized spacial score (nSPS) is 19.0. The van der Waals surface area contributed by atoms with Gasteiger partial charge in [-0.15, -0.1) is 0 Å². The monoisotopic (exact) mass is 545 g/mol. The molecule has 2 aliphatic rings. The molecule has 11 nitrogen and oxygen atoms in total. The molecule has 2 fully saturated rings. The van der Waals surface area contributed by atoms with Gasteiger partial charge in [0.2, 0.25) is 0 Å². The number of aryl methyl sites for hydroxylation is 1. The van der Waals surface area contributed by atoms with Crippen molar-refractivity contribution in [3.05, 3.63) is 40.2 Å². The number of piperidine rings is 1. The minimum atomic E-state index is -0.531. The average Bonchev–Trinajstić information content (AvgIpc) is 2.92. The van der Waals surface area contributed by atoms with Crippen LogP contribution in [0.5, 0.6) is 5.75 Å².